The first-order valence-corrected chi connectivity index (χ1v) is 7.01. The van der Waals surface area contributed by atoms with Crippen LogP contribution in [0.3, 0.4) is 0 Å². The van der Waals surface area contributed by atoms with Gasteiger partial charge in [0.1, 0.15) is 0 Å². The van der Waals surface area contributed by atoms with Gasteiger partial charge in [0.15, 0.2) is 0 Å². The number of aryl methyl sites for hydroxylation is 2. The smallest absolute Gasteiger partial charge is 0.210 e. The van der Waals surface area contributed by atoms with Crippen molar-refractivity contribution in [2.75, 3.05) is 0 Å². The summed E-state index contributed by atoms with van der Waals surface area (Å²) in [6, 6.07) is 14.5. The fourth-order valence-electron chi connectivity index (χ4n) is 1.93. The Labute approximate surface area is 116 Å². The van der Waals surface area contributed by atoms with Gasteiger partial charge in [-0.25, -0.2) is 9.98 Å². The molecule has 0 atom stereocenters. The SMILES string of the molecule is Cc1ccc2nc(/N=C/c3ccccc3C)sc2c1. The van der Waals surface area contributed by atoms with E-state index in [1.165, 1.54) is 15.8 Å². The predicted octanol–water partition coefficient (Wildman–Crippen LogP) is 4.66. The van der Waals surface area contributed by atoms with Gasteiger partial charge in [-0.15, -0.1) is 0 Å². The summed E-state index contributed by atoms with van der Waals surface area (Å²) in [5.74, 6) is 0. The van der Waals surface area contributed by atoms with E-state index in [0.29, 0.717) is 0 Å². The van der Waals surface area contributed by atoms with Crippen LogP contribution >= 0.6 is 11.3 Å². The zero-order valence-electron chi connectivity index (χ0n) is 10.9. The number of rotatable bonds is 2. The summed E-state index contributed by atoms with van der Waals surface area (Å²) >= 11 is 1.63. The van der Waals surface area contributed by atoms with Crippen molar-refractivity contribution in [2.45, 2.75) is 13.8 Å². The van der Waals surface area contributed by atoms with Crippen molar-refractivity contribution in [3.63, 3.8) is 0 Å². The van der Waals surface area contributed by atoms with Gasteiger partial charge in [-0.1, -0.05) is 41.7 Å². The lowest BCUT2D eigenvalue weighted by atomic mass is 10.1. The fourth-order valence-corrected chi connectivity index (χ4v) is 2.84. The van der Waals surface area contributed by atoms with Crippen LogP contribution in [-0.4, -0.2) is 11.2 Å². The van der Waals surface area contributed by atoms with Crippen LogP contribution in [0.4, 0.5) is 5.13 Å². The zero-order valence-corrected chi connectivity index (χ0v) is 11.7. The molecule has 3 heteroatoms. The van der Waals surface area contributed by atoms with E-state index in [-0.39, 0.29) is 0 Å². The number of aliphatic imine (C=N–C) groups is 1. The van der Waals surface area contributed by atoms with Crippen molar-refractivity contribution in [3.05, 3.63) is 59.2 Å². The molecule has 0 N–H and O–H groups in total. The van der Waals surface area contributed by atoms with Crippen LogP contribution in [0.5, 0.6) is 0 Å². The third-order valence-corrected chi connectivity index (χ3v) is 3.96. The van der Waals surface area contributed by atoms with Gasteiger partial charge >= 0.3 is 0 Å². The molecule has 19 heavy (non-hydrogen) atoms. The third kappa shape index (κ3) is 2.56. The second-order valence-corrected chi connectivity index (χ2v) is 5.59. The number of fused-ring (bicyclic) bond motifs is 1. The molecule has 1 heterocycles. The van der Waals surface area contributed by atoms with E-state index < -0.39 is 0 Å². The molecule has 2 nitrogen and oxygen atoms in total. The molecule has 0 unspecified atom stereocenters. The number of thiazole rings is 1. The highest BCUT2D eigenvalue weighted by atomic mass is 32.1. The molecule has 3 aromatic rings. The van der Waals surface area contributed by atoms with Crippen LogP contribution < -0.4 is 0 Å². The minimum Gasteiger partial charge on any atom is -0.227 e. The second kappa shape index (κ2) is 4.94. The Hall–Kier alpha value is -2.00. The fraction of sp³-hybridized carbons (Fsp3) is 0.125. The first-order valence-electron chi connectivity index (χ1n) is 6.19. The molecule has 0 aliphatic rings. The van der Waals surface area contributed by atoms with Crippen LogP contribution in [0.25, 0.3) is 10.2 Å². The number of benzene rings is 2. The Bertz CT molecular complexity index is 756. The maximum absolute atomic E-state index is 4.52. The lowest BCUT2D eigenvalue weighted by molar-refractivity contribution is 1.39. The highest BCUT2D eigenvalue weighted by Crippen LogP contribution is 2.28. The molecule has 0 aliphatic carbocycles. The summed E-state index contributed by atoms with van der Waals surface area (Å²) in [4.78, 5) is 9.01. The van der Waals surface area contributed by atoms with Crippen LogP contribution in [0.2, 0.25) is 0 Å². The van der Waals surface area contributed by atoms with Gasteiger partial charge in [-0.3, -0.25) is 0 Å². The molecule has 0 fully saturated rings. The van der Waals surface area contributed by atoms with Crippen LogP contribution in [0.15, 0.2) is 47.5 Å². The number of nitrogens with zero attached hydrogens (tertiary/aromatic N) is 2. The van der Waals surface area contributed by atoms with Crippen LogP contribution in [0, 0.1) is 13.8 Å². The molecule has 1 aromatic heterocycles. The van der Waals surface area contributed by atoms with Gasteiger partial charge in [0.05, 0.1) is 10.2 Å². The lowest BCUT2D eigenvalue weighted by Gasteiger charge is -1.96. The minimum atomic E-state index is 0.809. The van der Waals surface area contributed by atoms with Crippen LogP contribution in [0.1, 0.15) is 16.7 Å². The normalized spacial score (nSPS) is 11.5. The number of hydrogen-bond donors (Lipinski definition) is 0. The molecule has 2 aromatic carbocycles. The molecule has 0 spiro atoms. The molecular weight excluding hydrogens is 252 g/mol. The molecule has 0 radical (unpaired) electrons. The molecule has 0 amide bonds. The van der Waals surface area contributed by atoms with Gasteiger partial charge in [0.25, 0.3) is 0 Å². The molecule has 0 saturated heterocycles. The summed E-state index contributed by atoms with van der Waals surface area (Å²) in [7, 11) is 0. The van der Waals surface area contributed by atoms with Gasteiger partial charge in [0.2, 0.25) is 5.13 Å². The van der Waals surface area contributed by atoms with E-state index in [1.54, 1.807) is 11.3 Å². The Kier molecular flexibility index (Phi) is 3.13. The highest BCUT2D eigenvalue weighted by Gasteiger charge is 2.02. The van der Waals surface area contributed by atoms with Crippen molar-refractivity contribution in [2.24, 2.45) is 4.99 Å². The van der Waals surface area contributed by atoms with Gasteiger partial charge in [-0.2, -0.15) is 0 Å². The van der Waals surface area contributed by atoms with E-state index in [2.05, 4.69) is 48.1 Å². The minimum absolute atomic E-state index is 0.809. The maximum atomic E-state index is 4.52. The predicted molar refractivity (Wildman–Crippen MR) is 82.8 cm³/mol. The Morgan fingerprint density at radius 3 is 2.79 bits per heavy atom. The first-order chi connectivity index (χ1) is 9.22. The quantitative estimate of drug-likeness (QED) is 0.619. The summed E-state index contributed by atoms with van der Waals surface area (Å²) in [6.07, 6.45) is 1.89. The third-order valence-electron chi connectivity index (χ3n) is 3.04. The topological polar surface area (TPSA) is 25.2 Å². The molecule has 0 aliphatic heterocycles. The molecular formula is C16H14N2S. The second-order valence-electron chi connectivity index (χ2n) is 4.58. The summed E-state index contributed by atoms with van der Waals surface area (Å²) in [6.45, 7) is 4.18. The lowest BCUT2D eigenvalue weighted by Crippen LogP contribution is -1.84. The van der Waals surface area contributed by atoms with Gasteiger partial charge in [0, 0.05) is 6.21 Å². The van der Waals surface area contributed by atoms with Crippen molar-refractivity contribution >= 4 is 32.9 Å². The Balaban J connectivity index is 1.95. The van der Waals surface area contributed by atoms with E-state index in [4.69, 9.17) is 0 Å². The van der Waals surface area contributed by atoms with E-state index in [9.17, 15) is 0 Å². The largest absolute Gasteiger partial charge is 0.227 e. The van der Waals surface area contributed by atoms with E-state index >= 15 is 0 Å². The highest BCUT2D eigenvalue weighted by molar-refractivity contribution is 7.22. The van der Waals surface area contributed by atoms with Crippen molar-refractivity contribution in [3.8, 4) is 0 Å². The summed E-state index contributed by atoms with van der Waals surface area (Å²) < 4.78 is 1.19. The molecule has 0 bridgehead atoms. The van der Waals surface area contributed by atoms with Crippen molar-refractivity contribution in [1.29, 1.82) is 0 Å². The average Bonchev–Trinajstić information content (AvgIpc) is 2.79. The molecule has 94 valence electrons. The standard InChI is InChI=1S/C16H14N2S/c1-11-7-8-14-15(9-11)19-16(18-14)17-10-13-6-4-3-5-12(13)2/h3-10H,1-2H3/b17-10+. The summed E-state index contributed by atoms with van der Waals surface area (Å²) in [5.41, 5.74) is 4.64. The first kappa shape index (κ1) is 12.1. The number of hydrogen-bond acceptors (Lipinski definition) is 3. The Morgan fingerprint density at radius 1 is 1.11 bits per heavy atom. The van der Waals surface area contributed by atoms with Gasteiger partial charge in [-0.05, 0) is 42.7 Å². The summed E-state index contributed by atoms with van der Waals surface area (Å²) in [5, 5.41) is 0.809. The average molecular weight is 266 g/mol. The van der Waals surface area contributed by atoms with Crippen LogP contribution in [-0.2, 0) is 0 Å². The van der Waals surface area contributed by atoms with Gasteiger partial charge < -0.3 is 0 Å². The van der Waals surface area contributed by atoms with E-state index in [0.717, 1.165) is 16.2 Å². The number of aromatic nitrogens is 1. The van der Waals surface area contributed by atoms with E-state index in [1.807, 2.05) is 24.4 Å². The maximum Gasteiger partial charge on any atom is 0.210 e. The molecule has 0 saturated carbocycles. The van der Waals surface area contributed by atoms with Crippen molar-refractivity contribution < 1.29 is 0 Å². The monoisotopic (exact) mass is 266 g/mol. The Morgan fingerprint density at radius 2 is 1.95 bits per heavy atom. The molecule has 3 rings (SSSR count). The zero-order chi connectivity index (χ0) is 13.2. The van der Waals surface area contributed by atoms with Crippen molar-refractivity contribution in [1.82, 2.24) is 4.98 Å².